The van der Waals surface area contributed by atoms with Gasteiger partial charge in [-0.2, -0.15) is 0 Å². The second-order valence-electron chi connectivity index (χ2n) is 5.09. The van der Waals surface area contributed by atoms with Gasteiger partial charge in [0.1, 0.15) is 11.8 Å². The third-order valence-corrected chi connectivity index (χ3v) is 3.69. The molecular formula is C15H18N6. The molecule has 4 rings (SSSR count). The number of rotatable bonds is 1. The van der Waals surface area contributed by atoms with Crippen molar-refractivity contribution in [3.63, 3.8) is 0 Å². The van der Waals surface area contributed by atoms with Crippen LogP contribution in [-0.4, -0.2) is 43.4 Å². The normalized spacial score (nSPS) is 18.4. The topological polar surface area (TPSA) is 70.6 Å². The molecule has 1 unspecified atom stereocenters. The van der Waals surface area contributed by atoms with Crippen molar-refractivity contribution in [2.24, 2.45) is 0 Å². The van der Waals surface area contributed by atoms with Gasteiger partial charge in [0, 0.05) is 18.4 Å². The maximum absolute atomic E-state index is 4.14. The smallest absolute Gasteiger partial charge is 0.180 e. The summed E-state index contributed by atoms with van der Waals surface area (Å²) in [7, 11) is 2.19. The Morgan fingerprint density at radius 3 is 2.90 bits per heavy atom. The highest BCUT2D eigenvalue weighted by Gasteiger charge is 2.21. The van der Waals surface area contributed by atoms with Crippen LogP contribution in [0.5, 0.6) is 0 Å². The van der Waals surface area contributed by atoms with Crippen molar-refractivity contribution in [3.8, 4) is 0 Å². The predicted molar refractivity (Wildman–Crippen MR) is 80.5 cm³/mol. The summed E-state index contributed by atoms with van der Waals surface area (Å²) in [5.41, 5.74) is 2.94. The molecule has 1 atom stereocenters. The first-order chi connectivity index (χ1) is 10.3. The third kappa shape index (κ3) is 3.22. The highest BCUT2D eigenvalue weighted by atomic mass is 15.1. The molecular weight excluding hydrogens is 264 g/mol. The van der Waals surface area contributed by atoms with Crippen LogP contribution < -0.4 is 0 Å². The van der Waals surface area contributed by atoms with E-state index in [9.17, 15) is 0 Å². The van der Waals surface area contributed by atoms with E-state index < -0.39 is 0 Å². The van der Waals surface area contributed by atoms with Crippen molar-refractivity contribution in [1.82, 2.24) is 29.8 Å². The molecule has 1 aliphatic heterocycles. The first-order valence-electron chi connectivity index (χ1n) is 7.04. The minimum atomic E-state index is 0.610. The lowest BCUT2D eigenvalue weighted by Gasteiger charge is -2.18. The van der Waals surface area contributed by atoms with E-state index >= 15 is 0 Å². The van der Waals surface area contributed by atoms with Gasteiger partial charge < -0.3 is 4.98 Å². The van der Waals surface area contributed by atoms with Crippen LogP contribution in [0, 0.1) is 0 Å². The van der Waals surface area contributed by atoms with Crippen LogP contribution in [0.1, 0.15) is 24.4 Å². The van der Waals surface area contributed by atoms with E-state index in [1.54, 1.807) is 12.5 Å². The second kappa shape index (κ2) is 6.41. The van der Waals surface area contributed by atoms with Crippen molar-refractivity contribution in [1.29, 1.82) is 0 Å². The van der Waals surface area contributed by atoms with Gasteiger partial charge in [0.2, 0.25) is 0 Å². The zero-order valence-electron chi connectivity index (χ0n) is 12.0. The van der Waals surface area contributed by atoms with Crippen LogP contribution in [0.15, 0.2) is 43.4 Å². The van der Waals surface area contributed by atoms with Crippen LogP contribution in [0.3, 0.4) is 0 Å². The Bertz CT molecular complexity index is 650. The number of hydrogen-bond donors (Lipinski definition) is 1. The second-order valence-corrected chi connectivity index (χ2v) is 5.09. The van der Waals surface area contributed by atoms with Gasteiger partial charge in [-0.05, 0) is 38.1 Å². The average Bonchev–Trinajstić information content (AvgIpc) is 3.17. The number of nitrogens with zero attached hydrogens (tertiary/aromatic N) is 5. The number of nitrogens with one attached hydrogen (secondary N) is 1. The molecule has 0 saturated carbocycles. The predicted octanol–water partition coefficient (Wildman–Crippen LogP) is 2.20. The fourth-order valence-corrected chi connectivity index (χ4v) is 2.60. The molecule has 21 heavy (non-hydrogen) atoms. The largest absolute Gasteiger partial charge is 0.342 e. The lowest BCUT2D eigenvalue weighted by molar-refractivity contribution is 0.317. The third-order valence-electron chi connectivity index (χ3n) is 3.69. The molecule has 0 bridgehead atoms. The number of hydrogen-bond acceptors (Lipinski definition) is 5. The van der Waals surface area contributed by atoms with E-state index in [2.05, 4.69) is 42.9 Å². The number of likely N-dealkylation sites (tertiary alicyclic amines) is 1. The number of fused-ring (bicyclic) bond motifs is 1. The fourth-order valence-electron chi connectivity index (χ4n) is 2.60. The standard InChI is InChI=1S/C10H14N2.C5H4N4/c1-12-7-3-5-10(12)9-4-2-6-11-8-9;1-4-5(8-2-6-1)9-3-7-4/h2,4,6,8,10H,3,5,7H2,1H3;1-3H,(H,6,7,8,9). The Balaban J connectivity index is 0.000000131. The van der Waals surface area contributed by atoms with E-state index in [1.807, 2.05) is 18.5 Å². The Morgan fingerprint density at radius 1 is 1.24 bits per heavy atom. The minimum Gasteiger partial charge on any atom is -0.342 e. The van der Waals surface area contributed by atoms with E-state index in [0.29, 0.717) is 11.7 Å². The zero-order chi connectivity index (χ0) is 14.5. The zero-order valence-corrected chi connectivity index (χ0v) is 12.0. The molecule has 1 N–H and O–H groups in total. The highest BCUT2D eigenvalue weighted by molar-refractivity contribution is 5.67. The molecule has 1 fully saturated rings. The van der Waals surface area contributed by atoms with Gasteiger partial charge in [-0.1, -0.05) is 6.07 Å². The van der Waals surface area contributed by atoms with Crippen molar-refractivity contribution in [2.45, 2.75) is 18.9 Å². The van der Waals surface area contributed by atoms with Gasteiger partial charge in [-0.3, -0.25) is 9.88 Å². The monoisotopic (exact) mass is 282 g/mol. The Labute approximate surface area is 123 Å². The molecule has 0 amide bonds. The number of aromatic amines is 1. The van der Waals surface area contributed by atoms with Crippen LogP contribution >= 0.6 is 0 Å². The first kappa shape index (κ1) is 13.6. The summed E-state index contributed by atoms with van der Waals surface area (Å²) in [4.78, 5) is 21.0. The Hall–Kier alpha value is -2.34. The van der Waals surface area contributed by atoms with Gasteiger partial charge in [0.25, 0.3) is 0 Å². The molecule has 3 aromatic heterocycles. The molecule has 4 heterocycles. The number of pyridine rings is 1. The molecule has 6 nitrogen and oxygen atoms in total. The van der Waals surface area contributed by atoms with E-state index in [4.69, 9.17) is 0 Å². The highest BCUT2D eigenvalue weighted by Crippen LogP contribution is 2.29. The summed E-state index contributed by atoms with van der Waals surface area (Å²) >= 11 is 0. The van der Waals surface area contributed by atoms with Gasteiger partial charge in [-0.25, -0.2) is 15.0 Å². The molecule has 3 aromatic rings. The molecule has 1 aliphatic rings. The molecule has 6 heteroatoms. The van der Waals surface area contributed by atoms with Crippen molar-refractivity contribution < 1.29 is 0 Å². The maximum Gasteiger partial charge on any atom is 0.180 e. The molecule has 0 aromatic carbocycles. The van der Waals surface area contributed by atoms with Gasteiger partial charge in [-0.15, -0.1) is 0 Å². The summed E-state index contributed by atoms with van der Waals surface area (Å²) in [5, 5.41) is 0. The first-order valence-corrected chi connectivity index (χ1v) is 7.04. The average molecular weight is 282 g/mol. The van der Waals surface area contributed by atoms with Gasteiger partial charge in [0.05, 0.1) is 12.5 Å². The van der Waals surface area contributed by atoms with Crippen molar-refractivity contribution in [2.75, 3.05) is 13.6 Å². The lowest BCUT2D eigenvalue weighted by atomic mass is 10.1. The number of imidazole rings is 1. The van der Waals surface area contributed by atoms with Gasteiger partial charge >= 0.3 is 0 Å². The van der Waals surface area contributed by atoms with Crippen molar-refractivity contribution in [3.05, 3.63) is 48.9 Å². The summed E-state index contributed by atoms with van der Waals surface area (Å²) in [6.07, 6.45) is 11.2. The van der Waals surface area contributed by atoms with E-state index in [0.717, 1.165) is 5.52 Å². The summed E-state index contributed by atoms with van der Waals surface area (Å²) in [5.74, 6) is 0. The SMILES string of the molecule is CN1CCCC1c1cccnc1.c1ncc2[nH]cnc2n1. The Kier molecular flexibility index (Phi) is 4.16. The van der Waals surface area contributed by atoms with Crippen molar-refractivity contribution >= 4 is 11.2 Å². The van der Waals surface area contributed by atoms with Crippen LogP contribution in [0.2, 0.25) is 0 Å². The molecule has 0 spiro atoms. The maximum atomic E-state index is 4.14. The fraction of sp³-hybridized carbons (Fsp3) is 0.333. The minimum absolute atomic E-state index is 0.610. The summed E-state index contributed by atoms with van der Waals surface area (Å²) in [6, 6.07) is 4.79. The molecule has 0 radical (unpaired) electrons. The van der Waals surface area contributed by atoms with Crippen LogP contribution in [0.25, 0.3) is 11.2 Å². The van der Waals surface area contributed by atoms with E-state index in [1.165, 1.54) is 31.3 Å². The van der Waals surface area contributed by atoms with Crippen LogP contribution in [0.4, 0.5) is 0 Å². The lowest BCUT2D eigenvalue weighted by Crippen LogP contribution is -2.17. The van der Waals surface area contributed by atoms with E-state index in [-0.39, 0.29) is 0 Å². The summed E-state index contributed by atoms with van der Waals surface area (Å²) < 4.78 is 0. The number of H-pyrrole nitrogens is 1. The summed E-state index contributed by atoms with van der Waals surface area (Å²) in [6.45, 7) is 1.22. The molecule has 0 aliphatic carbocycles. The van der Waals surface area contributed by atoms with Crippen LogP contribution in [-0.2, 0) is 0 Å². The number of aromatic nitrogens is 5. The van der Waals surface area contributed by atoms with Gasteiger partial charge in [0.15, 0.2) is 5.65 Å². The Morgan fingerprint density at radius 2 is 2.19 bits per heavy atom. The molecule has 1 saturated heterocycles. The molecule has 108 valence electrons. The quantitative estimate of drug-likeness (QED) is 0.741.